The third-order valence-electron chi connectivity index (χ3n) is 3.89. The molecule has 5 heteroatoms. The predicted octanol–water partition coefficient (Wildman–Crippen LogP) is 5.15. The molecule has 0 aliphatic heterocycles. The van der Waals surface area contributed by atoms with Crippen molar-refractivity contribution < 1.29 is 9.53 Å². The molecule has 0 saturated carbocycles. The van der Waals surface area contributed by atoms with Crippen LogP contribution in [0.2, 0.25) is 5.02 Å². The first-order chi connectivity index (χ1) is 13.2. The standard InChI is InChI=1S/C22H19ClN2O2/c1-2-15-27-20-12-8-18(9-13-20)22(26)25(21-5-3-4-14-24-21)16-17-6-10-19(23)11-7-17/h2-14H,1,15-16H2. The number of aromatic nitrogens is 1. The van der Waals surface area contributed by atoms with E-state index in [-0.39, 0.29) is 5.91 Å². The van der Waals surface area contributed by atoms with Crippen LogP contribution in [0, 0.1) is 0 Å². The molecule has 0 unspecified atom stereocenters. The van der Waals surface area contributed by atoms with Crippen LogP contribution < -0.4 is 9.64 Å². The Morgan fingerprint density at radius 1 is 1.07 bits per heavy atom. The van der Waals surface area contributed by atoms with Crippen molar-refractivity contribution in [3.8, 4) is 5.75 Å². The van der Waals surface area contributed by atoms with Crippen LogP contribution in [0.4, 0.5) is 5.82 Å². The van der Waals surface area contributed by atoms with E-state index in [0.717, 1.165) is 5.56 Å². The minimum atomic E-state index is -0.140. The van der Waals surface area contributed by atoms with Gasteiger partial charge in [-0.1, -0.05) is 42.5 Å². The lowest BCUT2D eigenvalue weighted by Crippen LogP contribution is -2.31. The van der Waals surface area contributed by atoms with E-state index < -0.39 is 0 Å². The number of ether oxygens (including phenoxy) is 1. The van der Waals surface area contributed by atoms with E-state index in [1.807, 2.05) is 42.5 Å². The summed E-state index contributed by atoms with van der Waals surface area (Å²) in [6, 6.07) is 20.0. The van der Waals surface area contributed by atoms with E-state index in [1.54, 1.807) is 41.4 Å². The number of anilines is 1. The Balaban J connectivity index is 1.86. The van der Waals surface area contributed by atoms with Gasteiger partial charge >= 0.3 is 0 Å². The monoisotopic (exact) mass is 378 g/mol. The first kappa shape index (κ1) is 18.7. The van der Waals surface area contributed by atoms with Crippen LogP contribution in [0.1, 0.15) is 15.9 Å². The fourth-order valence-corrected chi connectivity index (χ4v) is 2.67. The minimum absolute atomic E-state index is 0.140. The average Bonchev–Trinajstić information content (AvgIpc) is 2.72. The topological polar surface area (TPSA) is 42.4 Å². The van der Waals surface area contributed by atoms with Crippen LogP contribution in [0.5, 0.6) is 5.75 Å². The molecule has 1 aromatic heterocycles. The second-order valence-electron chi connectivity index (χ2n) is 5.83. The number of carbonyl (C=O) groups is 1. The van der Waals surface area contributed by atoms with E-state index >= 15 is 0 Å². The third-order valence-corrected chi connectivity index (χ3v) is 4.15. The molecule has 2 aromatic carbocycles. The zero-order chi connectivity index (χ0) is 19.1. The number of pyridine rings is 1. The number of hydrogen-bond donors (Lipinski definition) is 0. The molecule has 3 aromatic rings. The van der Waals surface area contributed by atoms with E-state index in [4.69, 9.17) is 16.3 Å². The van der Waals surface area contributed by atoms with Crippen molar-refractivity contribution in [3.63, 3.8) is 0 Å². The number of amides is 1. The summed E-state index contributed by atoms with van der Waals surface area (Å²) in [5.74, 6) is 1.14. The van der Waals surface area contributed by atoms with E-state index in [1.165, 1.54) is 0 Å². The van der Waals surface area contributed by atoms with Gasteiger partial charge in [0, 0.05) is 16.8 Å². The zero-order valence-electron chi connectivity index (χ0n) is 14.7. The van der Waals surface area contributed by atoms with Gasteiger partial charge in [-0.2, -0.15) is 0 Å². The molecular formula is C22H19ClN2O2. The summed E-state index contributed by atoms with van der Waals surface area (Å²) < 4.78 is 5.47. The number of rotatable bonds is 7. The number of halogens is 1. The minimum Gasteiger partial charge on any atom is -0.490 e. The molecule has 1 amide bonds. The van der Waals surface area contributed by atoms with Crippen molar-refractivity contribution in [1.29, 1.82) is 0 Å². The van der Waals surface area contributed by atoms with Gasteiger partial charge in [0.05, 0.1) is 6.54 Å². The number of carbonyl (C=O) groups excluding carboxylic acids is 1. The molecule has 1 heterocycles. The number of nitrogens with zero attached hydrogens (tertiary/aromatic N) is 2. The molecule has 0 aliphatic carbocycles. The molecule has 0 aliphatic rings. The largest absolute Gasteiger partial charge is 0.490 e. The highest BCUT2D eigenvalue weighted by molar-refractivity contribution is 6.30. The molecule has 0 bridgehead atoms. The number of benzene rings is 2. The van der Waals surface area contributed by atoms with Gasteiger partial charge in [0.1, 0.15) is 18.2 Å². The highest BCUT2D eigenvalue weighted by Crippen LogP contribution is 2.20. The van der Waals surface area contributed by atoms with Gasteiger partial charge in [-0.05, 0) is 54.1 Å². The fraction of sp³-hybridized carbons (Fsp3) is 0.0909. The van der Waals surface area contributed by atoms with Crippen molar-refractivity contribution in [3.05, 3.63) is 102 Å². The summed E-state index contributed by atoms with van der Waals surface area (Å²) >= 11 is 5.96. The Kier molecular flexibility index (Phi) is 6.23. The summed E-state index contributed by atoms with van der Waals surface area (Å²) in [6.07, 6.45) is 3.34. The summed E-state index contributed by atoms with van der Waals surface area (Å²) in [4.78, 5) is 19.1. The van der Waals surface area contributed by atoms with Gasteiger partial charge in [0.15, 0.2) is 0 Å². The molecule has 3 rings (SSSR count). The normalized spacial score (nSPS) is 10.3. The summed E-state index contributed by atoms with van der Waals surface area (Å²) in [5, 5.41) is 0.657. The molecule has 0 atom stereocenters. The molecule has 4 nitrogen and oxygen atoms in total. The maximum atomic E-state index is 13.1. The Labute approximate surface area is 163 Å². The van der Waals surface area contributed by atoms with Gasteiger partial charge in [-0.3, -0.25) is 9.69 Å². The SMILES string of the molecule is C=CCOc1ccc(C(=O)N(Cc2ccc(Cl)cc2)c2ccccn2)cc1. The Morgan fingerprint density at radius 3 is 2.44 bits per heavy atom. The Hall–Kier alpha value is -3.11. The number of hydrogen-bond acceptors (Lipinski definition) is 3. The van der Waals surface area contributed by atoms with E-state index in [9.17, 15) is 4.79 Å². The van der Waals surface area contributed by atoms with Crippen LogP contribution in [0.15, 0.2) is 85.6 Å². The van der Waals surface area contributed by atoms with Gasteiger partial charge in [-0.15, -0.1) is 0 Å². The van der Waals surface area contributed by atoms with E-state index in [0.29, 0.717) is 35.3 Å². The Morgan fingerprint density at radius 2 is 1.81 bits per heavy atom. The lowest BCUT2D eigenvalue weighted by molar-refractivity contribution is 0.0984. The van der Waals surface area contributed by atoms with Gasteiger partial charge < -0.3 is 4.74 Å². The third kappa shape index (κ3) is 4.96. The van der Waals surface area contributed by atoms with Crippen LogP contribution in [-0.4, -0.2) is 17.5 Å². The maximum absolute atomic E-state index is 13.1. The van der Waals surface area contributed by atoms with Crippen LogP contribution in [0.25, 0.3) is 0 Å². The van der Waals surface area contributed by atoms with Crippen molar-refractivity contribution in [2.45, 2.75) is 6.54 Å². The molecule has 0 N–H and O–H groups in total. The quantitative estimate of drug-likeness (QED) is 0.534. The summed E-state index contributed by atoms with van der Waals surface area (Å²) in [5.41, 5.74) is 1.52. The van der Waals surface area contributed by atoms with Crippen molar-refractivity contribution in [2.24, 2.45) is 0 Å². The average molecular weight is 379 g/mol. The maximum Gasteiger partial charge on any atom is 0.259 e. The molecule has 0 saturated heterocycles. The predicted molar refractivity (Wildman–Crippen MR) is 108 cm³/mol. The van der Waals surface area contributed by atoms with Crippen molar-refractivity contribution in [1.82, 2.24) is 4.98 Å². The molecular weight excluding hydrogens is 360 g/mol. The van der Waals surface area contributed by atoms with Gasteiger partial charge in [-0.25, -0.2) is 4.98 Å². The summed E-state index contributed by atoms with van der Waals surface area (Å²) in [6.45, 7) is 4.43. The van der Waals surface area contributed by atoms with Crippen molar-refractivity contribution >= 4 is 23.3 Å². The van der Waals surface area contributed by atoms with Gasteiger partial charge in [0.25, 0.3) is 5.91 Å². The molecule has 136 valence electrons. The van der Waals surface area contributed by atoms with Crippen LogP contribution in [-0.2, 0) is 6.54 Å². The lowest BCUT2D eigenvalue weighted by atomic mass is 10.1. The second kappa shape index (κ2) is 9.01. The Bertz CT molecular complexity index is 894. The highest BCUT2D eigenvalue weighted by Gasteiger charge is 2.19. The van der Waals surface area contributed by atoms with Crippen LogP contribution in [0.3, 0.4) is 0 Å². The molecule has 0 spiro atoms. The van der Waals surface area contributed by atoms with Gasteiger partial charge in [0.2, 0.25) is 0 Å². The van der Waals surface area contributed by atoms with Crippen LogP contribution >= 0.6 is 11.6 Å². The van der Waals surface area contributed by atoms with E-state index in [2.05, 4.69) is 11.6 Å². The fourth-order valence-electron chi connectivity index (χ4n) is 2.55. The molecule has 0 radical (unpaired) electrons. The zero-order valence-corrected chi connectivity index (χ0v) is 15.5. The summed E-state index contributed by atoms with van der Waals surface area (Å²) in [7, 11) is 0. The smallest absolute Gasteiger partial charge is 0.259 e. The highest BCUT2D eigenvalue weighted by atomic mass is 35.5. The first-order valence-electron chi connectivity index (χ1n) is 8.48. The van der Waals surface area contributed by atoms with Crippen molar-refractivity contribution in [2.75, 3.05) is 11.5 Å². The molecule has 27 heavy (non-hydrogen) atoms. The first-order valence-corrected chi connectivity index (χ1v) is 8.86. The lowest BCUT2D eigenvalue weighted by Gasteiger charge is -2.22. The second-order valence-corrected chi connectivity index (χ2v) is 6.27. The molecule has 0 fully saturated rings.